The van der Waals surface area contributed by atoms with Crippen LogP contribution in [0.15, 0.2) is 29.3 Å². The second-order valence-electron chi connectivity index (χ2n) is 7.20. The van der Waals surface area contributed by atoms with Crippen molar-refractivity contribution in [2.24, 2.45) is 0 Å². The molecule has 4 rings (SSSR count). The molecule has 1 unspecified atom stereocenters. The average molecular weight is 368 g/mol. The Hall–Kier alpha value is -2.97. The summed E-state index contributed by atoms with van der Waals surface area (Å²) in [5, 5.41) is 14.6. The van der Waals surface area contributed by atoms with E-state index in [1.165, 1.54) is 18.8 Å². The molecule has 9 heteroatoms. The van der Waals surface area contributed by atoms with E-state index in [0.29, 0.717) is 11.7 Å². The Balaban J connectivity index is 1.56. The highest BCUT2D eigenvalue weighted by molar-refractivity contribution is 5.46. The fourth-order valence-corrected chi connectivity index (χ4v) is 3.49. The lowest BCUT2D eigenvalue weighted by atomic mass is 10.0. The van der Waals surface area contributed by atoms with Crippen LogP contribution in [0.25, 0.3) is 5.78 Å². The zero-order valence-corrected chi connectivity index (χ0v) is 15.6. The largest absolute Gasteiger partial charge is 0.368 e. The van der Waals surface area contributed by atoms with Gasteiger partial charge in [0.2, 0.25) is 0 Å². The molecule has 3 aromatic heterocycles. The maximum absolute atomic E-state index is 11.3. The Morgan fingerprint density at radius 3 is 3.00 bits per heavy atom. The Morgan fingerprint density at radius 1 is 1.33 bits per heavy atom. The molecule has 2 N–H and O–H groups in total. The molecule has 142 valence electrons. The molecule has 4 heterocycles. The van der Waals surface area contributed by atoms with E-state index in [1.807, 2.05) is 6.07 Å². The van der Waals surface area contributed by atoms with E-state index < -0.39 is 0 Å². The lowest BCUT2D eigenvalue weighted by molar-refractivity contribution is 0.467. The monoisotopic (exact) mass is 368 g/mol. The molecule has 0 bridgehead atoms. The van der Waals surface area contributed by atoms with Crippen molar-refractivity contribution in [3.8, 4) is 0 Å². The fourth-order valence-electron chi connectivity index (χ4n) is 3.49. The van der Waals surface area contributed by atoms with Crippen LogP contribution in [-0.2, 0) is 0 Å². The third-order valence-corrected chi connectivity index (χ3v) is 4.97. The Kier molecular flexibility index (Phi) is 4.74. The molecule has 1 atom stereocenters. The van der Waals surface area contributed by atoms with E-state index in [4.69, 9.17) is 0 Å². The van der Waals surface area contributed by atoms with Crippen molar-refractivity contribution in [3.63, 3.8) is 0 Å². The lowest BCUT2D eigenvalue weighted by Gasteiger charge is -2.36. The summed E-state index contributed by atoms with van der Waals surface area (Å²) in [6, 6.07) is 5.64. The summed E-state index contributed by atoms with van der Waals surface area (Å²) in [6.07, 6.45) is 4.89. The second kappa shape index (κ2) is 7.34. The first-order valence-corrected chi connectivity index (χ1v) is 9.39. The van der Waals surface area contributed by atoms with Gasteiger partial charge in [-0.1, -0.05) is 13.8 Å². The van der Waals surface area contributed by atoms with Crippen molar-refractivity contribution < 1.29 is 0 Å². The number of hydrogen-bond donors (Lipinski definition) is 2. The summed E-state index contributed by atoms with van der Waals surface area (Å²) >= 11 is 0. The maximum Gasteiger partial charge on any atom is 0.264 e. The van der Waals surface area contributed by atoms with Crippen molar-refractivity contribution in [3.05, 3.63) is 40.6 Å². The first kappa shape index (κ1) is 17.4. The summed E-state index contributed by atoms with van der Waals surface area (Å²) in [6.45, 7) is 5.91. The van der Waals surface area contributed by atoms with Gasteiger partial charge in [-0.15, -0.1) is 0 Å². The van der Waals surface area contributed by atoms with Gasteiger partial charge in [0.05, 0.1) is 5.69 Å². The van der Waals surface area contributed by atoms with Gasteiger partial charge in [-0.05, 0) is 31.2 Å². The molecule has 0 spiro atoms. The predicted molar refractivity (Wildman–Crippen MR) is 103 cm³/mol. The van der Waals surface area contributed by atoms with Gasteiger partial charge in [0, 0.05) is 31.3 Å². The van der Waals surface area contributed by atoms with Crippen molar-refractivity contribution in [1.29, 1.82) is 0 Å². The molecule has 0 saturated carbocycles. The number of fused-ring (bicyclic) bond motifs is 1. The van der Waals surface area contributed by atoms with Gasteiger partial charge in [0.15, 0.2) is 0 Å². The van der Waals surface area contributed by atoms with Gasteiger partial charge in [0.1, 0.15) is 18.0 Å². The highest BCUT2D eigenvalue weighted by Gasteiger charge is 2.24. The van der Waals surface area contributed by atoms with Crippen LogP contribution in [-0.4, -0.2) is 48.9 Å². The lowest BCUT2D eigenvalue weighted by Crippen LogP contribution is -2.44. The van der Waals surface area contributed by atoms with Gasteiger partial charge >= 0.3 is 0 Å². The standard InChI is InChI=1S/C18H24N8O/c1-12(2)14-9-16(26-18(22-14)20-11-21-26)19-10-13-5-3-4-8-25(13)15-6-7-17(27)24-23-15/h6-7,9,11-13,19H,3-5,8,10H2,1-2H3,(H,24,27). The maximum atomic E-state index is 11.3. The number of aromatic amines is 1. The summed E-state index contributed by atoms with van der Waals surface area (Å²) in [4.78, 5) is 22.4. The zero-order valence-electron chi connectivity index (χ0n) is 15.6. The topological polar surface area (TPSA) is 104 Å². The highest BCUT2D eigenvalue weighted by Crippen LogP contribution is 2.23. The van der Waals surface area contributed by atoms with Gasteiger partial charge < -0.3 is 10.2 Å². The van der Waals surface area contributed by atoms with Gasteiger partial charge in [0.25, 0.3) is 11.3 Å². The van der Waals surface area contributed by atoms with Crippen LogP contribution >= 0.6 is 0 Å². The van der Waals surface area contributed by atoms with Gasteiger partial charge in [-0.2, -0.15) is 19.7 Å². The van der Waals surface area contributed by atoms with Crippen LogP contribution in [0.4, 0.5) is 11.6 Å². The zero-order chi connectivity index (χ0) is 18.8. The van der Waals surface area contributed by atoms with E-state index >= 15 is 0 Å². The molecular formula is C18H24N8O. The van der Waals surface area contributed by atoms with Gasteiger partial charge in [-0.3, -0.25) is 4.79 Å². The Labute approximate surface area is 156 Å². The second-order valence-corrected chi connectivity index (χ2v) is 7.20. The molecule has 3 aromatic rings. The quantitative estimate of drug-likeness (QED) is 0.707. The number of aromatic nitrogens is 6. The highest BCUT2D eigenvalue weighted by atomic mass is 16.1. The van der Waals surface area contributed by atoms with Crippen LogP contribution in [0.3, 0.4) is 0 Å². The fraction of sp³-hybridized carbons (Fsp3) is 0.500. The average Bonchev–Trinajstić information content (AvgIpc) is 3.16. The minimum Gasteiger partial charge on any atom is -0.368 e. The van der Waals surface area contributed by atoms with E-state index in [-0.39, 0.29) is 11.6 Å². The third-order valence-electron chi connectivity index (χ3n) is 4.97. The first-order valence-electron chi connectivity index (χ1n) is 9.39. The van der Waals surface area contributed by atoms with Crippen molar-refractivity contribution >= 4 is 17.4 Å². The summed E-state index contributed by atoms with van der Waals surface area (Å²) in [7, 11) is 0. The number of H-pyrrole nitrogens is 1. The minimum absolute atomic E-state index is 0.183. The van der Waals surface area contributed by atoms with Crippen LogP contribution in [0.1, 0.15) is 44.7 Å². The summed E-state index contributed by atoms with van der Waals surface area (Å²) < 4.78 is 1.73. The Morgan fingerprint density at radius 2 is 2.22 bits per heavy atom. The van der Waals surface area contributed by atoms with E-state index in [0.717, 1.165) is 43.3 Å². The smallest absolute Gasteiger partial charge is 0.264 e. The molecule has 9 nitrogen and oxygen atoms in total. The molecule has 1 fully saturated rings. The molecule has 0 aromatic carbocycles. The molecule has 1 saturated heterocycles. The number of anilines is 2. The van der Waals surface area contributed by atoms with Crippen molar-refractivity contribution in [1.82, 2.24) is 29.8 Å². The Bertz CT molecular complexity index is 958. The number of nitrogens with zero attached hydrogens (tertiary/aromatic N) is 6. The normalized spacial score (nSPS) is 17.6. The van der Waals surface area contributed by atoms with E-state index in [1.54, 1.807) is 10.6 Å². The number of piperidine rings is 1. The SMILES string of the molecule is CC(C)c1cc(NCC2CCCCN2c2ccc(=O)[nH]n2)n2ncnc2n1. The van der Waals surface area contributed by atoms with E-state index in [9.17, 15) is 4.79 Å². The third kappa shape index (κ3) is 3.62. The molecule has 1 aliphatic rings. The minimum atomic E-state index is -0.183. The summed E-state index contributed by atoms with van der Waals surface area (Å²) in [5.41, 5.74) is 0.804. The van der Waals surface area contributed by atoms with Crippen molar-refractivity contribution in [2.75, 3.05) is 23.3 Å². The number of hydrogen-bond acceptors (Lipinski definition) is 7. The van der Waals surface area contributed by atoms with Crippen LogP contribution in [0.5, 0.6) is 0 Å². The van der Waals surface area contributed by atoms with Crippen molar-refractivity contribution in [2.45, 2.75) is 45.1 Å². The number of rotatable bonds is 5. The molecule has 0 amide bonds. The first-order chi connectivity index (χ1) is 13.1. The summed E-state index contributed by atoms with van der Waals surface area (Å²) in [5.74, 6) is 2.61. The van der Waals surface area contributed by atoms with Crippen LogP contribution in [0, 0.1) is 0 Å². The molecule has 0 aliphatic carbocycles. The molecule has 1 aliphatic heterocycles. The van der Waals surface area contributed by atoms with Crippen LogP contribution in [0.2, 0.25) is 0 Å². The molecular weight excluding hydrogens is 344 g/mol. The molecule has 0 radical (unpaired) electrons. The molecule has 27 heavy (non-hydrogen) atoms. The number of nitrogens with one attached hydrogen (secondary N) is 2. The van der Waals surface area contributed by atoms with Gasteiger partial charge in [-0.25, -0.2) is 10.1 Å². The van der Waals surface area contributed by atoms with E-state index in [2.05, 4.69) is 49.3 Å². The van der Waals surface area contributed by atoms with Crippen LogP contribution < -0.4 is 15.8 Å². The predicted octanol–water partition coefficient (Wildman–Crippen LogP) is 1.80.